The molecule has 0 aliphatic rings. The first-order valence-corrected chi connectivity index (χ1v) is 6.46. The van der Waals surface area contributed by atoms with Crippen LogP contribution in [0.15, 0.2) is 24.3 Å². The van der Waals surface area contributed by atoms with Crippen molar-refractivity contribution in [2.24, 2.45) is 0 Å². The Balaban J connectivity index is 2.64. The van der Waals surface area contributed by atoms with E-state index >= 15 is 0 Å². The van der Waals surface area contributed by atoms with Crippen molar-refractivity contribution < 1.29 is 17.9 Å². The number of halogens is 3. The van der Waals surface area contributed by atoms with Crippen LogP contribution >= 0.6 is 0 Å². The molecule has 1 N–H and O–H groups in total. The maximum Gasteiger partial charge on any atom is 0.416 e. The second-order valence-corrected chi connectivity index (χ2v) is 4.44. The van der Waals surface area contributed by atoms with E-state index in [4.69, 9.17) is 4.74 Å². The highest BCUT2D eigenvalue weighted by Gasteiger charge is 2.30. The molecule has 0 saturated heterocycles. The predicted octanol–water partition coefficient (Wildman–Crippen LogP) is 3.86. The van der Waals surface area contributed by atoms with Crippen LogP contribution in [-0.2, 0) is 6.18 Å². The zero-order valence-electron chi connectivity index (χ0n) is 11.3. The molecule has 0 aromatic heterocycles. The first-order valence-electron chi connectivity index (χ1n) is 6.46. The van der Waals surface area contributed by atoms with Crippen molar-refractivity contribution in [3.63, 3.8) is 0 Å². The summed E-state index contributed by atoms with van der Waals surface area (Å²) >= 11 is 0. The molecule has 0 aliphatic carbocycles. The van der Waals surface area contributed by atoms with Gasteiger partial charge in [-0.3, -0.25) is 0 Å². The Bertz CT molecular complexity index is 362. The summed E-state index contributed by atoms with van der Waals surface area (Å²) in [5, 5.41) is 3.04. The molecule has 108 valence electrons. The van der Waals surface area contributed by atoms with E-state index in [1.54, 1.807) is 0 Å². The highest BCUT2D eigenvalue weighted by Crippen LogP contribution is 2.30. The molecule has 19 heavy (non-hydrogen) atoms. The lowest BCUT2D eigenvalue weighted by molar-refractivity contribution is -0.137. The minimum Gasteiger partial charge on any atom is -0.490 e. The molecule has 1 aromatic rings. The standard InChI is InChI=1S/C14H20F3NO/c1-3-4-12(9-10-18-2)19-13-7-5-11(6-8-13)14(15,16)17/h5-8,12,18H,3-4,9-10H2,1-2H3. The average Bonchev–Trinajstić information content (AvgIpc) is 2.36. The molecule has 1 atom stereocenters. The van der Waals surface area contributed by atoms with Crippen molar-refractivity contribution in [1.29, 1.82) is 0 Å². The Morgan fingerprint density at radius 2 is 1.79 bits per heavy atom. The summed E-state index contributed by atoms with van der Waals surface area (Å²) in [7, 11) is 1.86. The van der Waals surface area contributed by atoms with Crippen LogP contribution in [-0.4, -0.2) is 19.7 Å². The smallest absolute Gasteiger partial charge is 0.416 e. The van der Waals surface area contributed by atoms with Crippen LogP contribution in [0.2, 0.25) is 0 Å². The summed E-state index contributed by atoms with van der Waals surface area (Å²) in [4.78, 5) is 0. The number of benzene rings is 1. The number of ether oxygens (including phenoxy) is 1. The van der Waals surface area contributed by atoms with Gasteiger partial charge in [-0.05, 0) is 50.7 Å². The highest BCUT2D eigenvalue weighted by atomic mass is 19.4. The number of nitrogens with one attached hydrogen (secondary N) is 1. The van der Waals surface area contributed by atoms with Gasteiger partial charge in [0.1, 0.15) is 5.75 Å². The number of hydrogen-bond acceptors (Lipinski definition) is 2. The quantitative estimate of drug-likeness (QED) is 0.815. The van der Waals surface area contributed by atoms with Crippen molar-refractivity contribution >= 4 is 0 Å². The summed E-state index contributed by atoms with van der Waals surface area (Å²) in [6, 6.07) is 4.86. The number of rotatable bonds is 7. The Kier molecular flexibility index (Phi) is 6.15. The van der Waals surface area contributed by atoms with Gasteiger partial charge >= 0.3 is 6.18 Å². The van der Waals surface area contributed by atoms with Gasteiger partial charge in [-0.1, -0.05) is 13.3 Å². The van der Waals surface area contributed by atoms with Crippen LogP contribution in [0.4, 0.5) is 13.2 Å². The molecule has 5 heteroatoms. The molecule has 0 amide bonds. The minimum absolute atomic E-state index is 0.0363. The van der Waals surface area contributed by atoms with Crippen LogP contribution in [0.25, 0.3) is 0 Å². The molecule has 0 spiro atoms. The second kappa shape index (κ2) is 7.38. The first-order chi connectivity index (χ1) is 8.97. The molecule has 0 radical (unpaired) electrons. The van der Waals surface area contributed by atoms with E-state index in [1.807, 2.05) is 7.05 Å². The molecular weight excluding hydrogens is 255 g/mol. The van der Waals surface area contributed by atoms with Crippen LogP contribution in [0, 0.1) is 0 Å². The Labute approximate surface area is 112 Å². The molecule has 0 aliphatic heterocycles. The summed E-state index contributed by atoms with van der Waals surface area (Å²) in [6.45, 7) is 2.88. The molecule has 0 heterocycles. The lowest BCUT2D eigenvalue weighted by Gasteiger charge is -2.19. The topological polar surface area (TPSA) is 21.3 Å². The third kappa shape index (κ3) is 5.51. The van der Waals surface area contributed by atoms with E-state index in [0.717, 1.165) is 37.9 Å². The molecule has 1 aromatic carbocycles. The van der Waals surface area contributed by atoms with E-state index in [0.29, 0.717) is 5.75 Å². The van der Waals surface area contributed by atoms with Gasteiger partial charge in [-0.25, -0.2) is 0 Å². The highest BCUT2D eigenvalue weighted by molar-refractivity contribution is 5.29. The van der Waals surface area contributed by atoms with Crippen LogP contribution in [0.5, 0.6) is 5.75 Å². The average molecular weight is 275 g/mol. The Hall–Kier alpha value is -1.23. The molecule has 2 nitrogen and oxygen atoms in total. The van der Waals surface area contributed by atoms with Crippen LogP contribution in [0.3, 0.4) is 0 Å². The summed E-state index contributed by atoms with van der Waals surface area (Å²) in [5.74, 6) is 0.488. The van der Waals surface area contributed by atoms with E-state index in [-0.39, 0.29) is 6.10 Å². The fourth-order valence-electron chi connectivity index (χ4n) is 1.80. The molecule has 0 saturated carbocycles. The normalized spacial score (nSPS) is 13.3. The van der Waals surface area contributed by atoms with Gasteiger partial charge < -0.3 is 10.1 Å². The summed E-state index contributed by atoms with van der Waals surface area (Å²) in [6.07, 6.45) is -1.55. The van der Waals surface area contributed by atoms with Gasteiger partial charge in [0.05, 0.1) is 11.7 Å². The van der Waals surface area contributed by atoms with Gasteiger partial charge in [-0.15, -0.1) is 0 Å². The molecule has 1 rings (SSSR count). The van der Waals surface area contributed by atoms with Gasteiger partial charge in [-0.2, -0.15) is 13.2 Å². The number of alkyl halides is 3. The molecule has 0 bridgehead atoms. The van der Waals surface area contributed by atoms with E-state index < -0.39 is 11.7 Å². The van der Waals surface area contributed by atoms with Crippen molar-refractivity contribution in [2.45, 2.75) is 38.5 Å². The van der Waals surface area contributed by atoms with Crippen LogP contribution < -0.4 is 10.1 Å². The van der Waals surface area contributed by atoms with E-state index in [1.165, 1.54) is 12.1 Å². The lowest BCUT2D eigenvalue weighted by Crippen LogP contribution is -2.22. The van der Waals surface area contributed by atoms with Gasteiger partial charge in [0.25, 0.3) is 0 Å². The van der Waals surface area contributed by atoms with Crippen molar-refractivity contribution in [3.8, 4) is 5.75 Å². The number of hydrogen-bond donors (Lipinski definition) is 1. The minimum atomic E-state index is -4.30. The van der Waals surface area contributed by atoms with Gasteiger partial charge in [0.15, 0.2) is 0 Å². The summed E-state index contributed by atoms with van der Waals surface area (Å²) < 4.78 is 43.0. The van der Waals surface area contributed by atoms with Crippen LogP contribution in [0.1, 0.15) is 31.7 Å². The zero-order valence-corrected chi connectivity index (χ0v) is 11.3. The van der Waals surface area contributed by atoms with Gasteiger partial charge in [0, 0.05) is 0 Å². The maximum absolute atomic E-state index is 12.4. The first kappa shape index (κ1) is 15.8. The fraction of sp³-hybridized carbons (Fsp3) is 0.571. The maximum atomic E-state index is 12.4. The molecule has 1 unspecified atom stereocenters. The predicted molar refractivity (Wildman–Crippen MR) is 69.3 cm³/mol. The second-order valence-electron chi connectivity index (χ2n) is 4.44. The fourth-order valence-corrected chi connectivity index (χ4v) is 1.80. The third-order valence-corrected chi connectivity index (χ3v) is 2.81. The third-order valence-electron chi connectivity index (χ3n) is 2.81. The zero-order chi connectivity index (χ0) is 14.3. The molecule has 0 fully saturated rings. The van der Waals surface area contributed by atoms with Crippen molar-refractivity contribution in [2.75, 3.05) is 13.6 Å². The van der Waals surface area contributed by atoms with E-state index in [2.05, 4.69) is 12.2 Å². The summed E-state index contributed by atoms with van der Waals surface area (Å²) in [5.41, 5.74) is -0.651. The van der Waals surface area contributed by atoms with Crippen molar-refractivity contribution in [1.82, 2.24) is 5.32 Å². The van der Waals surface area contributed by atoms with E-state index in [9.17, 15) is 13.2 Å². The largest absolute Gasteiger partial charge is 0.490 e. The monoisotopic (exact) mass is 275 g/mol. The SMILES string of the molecule is CCCC(CCNC)Oc1ccc(C(F)(F)F)cc1. The Morgan fingerprint density at radius 1 is 1.16 bits per heavy atom. The molecular formula is C14H20F3NO. The van der Waals surface area contributed by atoms with Gasteiger partial charge in [0.2, 0.25) is 0 Å². The Morgan fingerprint density at radius 3 is 2.26 bits per heavy atom. The van der Waals surface area contributed by atoms with Crippen molar-refractivity contribution in [3.05, 3.63) is 29.8 Å². The lowest BCUT2D eigenvalue weighted by atomic mass is 10.1.